The van der Waals surface area contributed by atoms with Gasteiger partial charge in [0.2, 0.25) is 0 Å². The van der Waals surface area contributed by atoms with Crippen molar-refractivity contribution < 1.29 is 18.5 Å². The molecular weight excluding hydrogens is 326 g/mol. The fourth-order valence-corrected chi connectivity index (χ4v) is 2.96. The Labute approximate surface area is 180 Å². The first kappa shape index (κ1) is 26.0. The first-order chi connectivity index (χ1) is 10.1. The molecule has 1 radical (unpaired) electrons. The molecule has 0 atom stereocenters. The SMILES string of the molecule is CCCCCCCCOP(=O)(O)OCCCCCCCC.[K]. The van der Waals surface area contributed by atoms with Gasteiger partial charge in [0.05, 0.1) is 13.2 Å². The van der Waals surface area contributed by atoms with Gasteiger partial charge in [0.1, 0.15) is 0 Å². The molecule has 0 amide bonds. The standard InChI is InChI=1S/C16H35O4P.K/c1-3-5-7-9-11-13-15-19-21(17,18)20-16-14-12-10-8-6-4-2;/h3-16H2,1-2H3,(H,17,18);. The van der Waals surface area contributed by atoms with Crippen LogP contribution in [0.1, 0.15) is 90.9 Å². The molecule has 4 nitrogen and oxygen atoms in total. The summed E-state index contributed by atoms with van der Waals surface area (Å²) >= 11 is 0. The molecule has 0 aromatic rings. The van der Waals surface area contributed by atoms with Crippen LogP contribution in [0.15, 0.2) is 0 Å². The minimum Gasteiger partial charge on any atom is -0.302 e. The Kier molecular flexibility index (Phi) is 22.5. The molecule has 0 bridgehead atoms. The second-order valence-electron chi connectivity index (χ2n) is 5.67. The normalized spacial score (nSPS) is 11.4. The van der Waals surface area contributed by atoms with Crippen LogP contribution in [0.3, 0.4) is 0 Å². The second kappa shape index (κ2) is 19.1. The van der Waals surface area contributed by atoms with Crippen LogP contribution < -0.4 is 0 Å². The molecule has 0 unspecified atom stereocenters. The zero-order chi connectivity index (χ0) is 15.8. The van der Waals surface area contributed by atoms with E-state index in [1.54, 1.807) is 0 Å². The maximum atomic E-state index is 11.6. The van der Waals surface area contributed by atoms with Gasteiger partial charge in [0.25, 0.3) is 0 Å². The van der Waals surface area contributed by atoms with Gasteiger partial charge in [-0.3, -0.25) is 9.05 Å². The van der Waals surface area contributed by atoms with Crippen LogP contribution in [0, 0.1) is 0 Å². The Balaban J connectivity index is 0. The van der Waals surface area contributed by atoms with Crippen LogP contribution in [0.2, 0.25) is 0 Å². The van der Waals surface area contributed by atoms with E-state index >= 15 is 0 Å². The van der Waals surface area contributed by atoms with Crippen molar-refractivity contribution in [3.63, 3.8) is 0 Å². The van der Waals surface area contributed by atoms with Crippen LogP contribution in [-0.2, 0) is 13.6 Å². The van der Waals surface area contributed by atoms with Gasteiger partial charge in [-0.2, -0.15) is 0 Å². The van der Waals surface area contributed by atoms with E-state index in [1.165, 1.54) is 51.4 Å². The quantitative estimate of drug-likeness (QED) is 0.225. The maximum Gasteiger partial charge on any atom is 0.472 e. The monoisotopic (exact) mass is 361 g/mol. The summed E-state index contributed by atoms with van der Waals surface area (Å²) in [5.41, 5.74) is 0. The van der Waals surface area contributed by atoms with Gasteiger partial charge in [-0.1, -0.05) is 78.1 Å². The fourth-order valence-electron chi connectivity index (χ4n) is 2.16. The summed E-state index contributed by atoms with van der Waals surface area (Å²) in [6.07, 6.45) is 13.6. The molecule has 0 spiro atoms. The van der Waals surface area contributed by atoms with Gasteiger partial charge in [-0.05, 0) is 12.8 Å². The Morgan fingerprint density at radius 3 is 1.36 bits per heavy atom. The average Bonchev–Trinajstić information content (AvgIpc) is 2.45. The van der Waals surface area contributed by atoms with E-state index in [2.05, 4.69) is 13.8 Å². The van der Waals surface area contributed by atoms with Crippen LogP contribution >= 0.6 is 7.82 Å². The van der Waals surface area contributed by atoms with Gasteiger partial charge < -0.3 is 4.89 Å². The Morgan fingerprint density at radius 1 is 0.682 bits per heavy atom. The van der Waals surface area contributed by atoms with Crippen LogP contribution in [0.5, 0.6) is 0 Å². The number of phosphoric ester groups is 1. The summed E-state index contributed by atoms with van der Waals surface area (Å²) in [5.74, 6) is 0. The number of hydrogen-bond donors (Lipinski definition) is 1. The molecular formula is C16H35KO4P. The maximum absolute atomic E-state index is 11.6. The minimum atomic E-state index is -3.82. The Hall–Kier alpha value is 1.75. The van der Waals surface area contributed by atoms with Crippen molar-refractivity contribution in [1.29, 1.82) is 0 Å². The largest absolute Gasteiger partial charge is 0.472 e. The van der Waals surface area contributed by atoms with E-state index < -0.39 is 7.82 Å². The third kappa shape index (κ3) is 19.8. The van der Waals surface area contributed by atoms with Crippen molar-refractivity contribution in [2.45, 2.75) is 90.9 Å². The van der Waals surface area contributed by atoms with Gasteiger partial charge in [0.15, 0.2) is 0 Å². The molecule has 0 rings (SSSR count). The molecule has 0 fully saturated rings. The minimum absolute atomic E-state index is 0. The van der Waals surface area contributed by atoms with Crippen molar-refractivity contribution in [3.8, 4) is 0 Å². The molecule has 6 heteroatoms. The number of hydrogen-bond acceptors (Lipinski definition) is 3. The molecule has 0 aliphatic rings. The van der Waals surface area contributed by atoms with E-state index in [9.17, 15) is 9.46 Å². The topological polar surface area (TPSA) is 55.8 Å². The Morgan fingerprint density at radius 2 is 1.00 bits per heavy atom. The van der Waals surface area contributed by atoms with Crippen LogP contribution in [0.25, 0.3) is 0 Å². The summed E-state index contributed by atoms with van der Waals surface area (Å²) < 4.78 is 21.5. The van der Waals surface area contributed by atoms with Crippen molar-refractivity contribution in [2.75, 3.05) is 13.2 Å². The van der Waals surface area contributed by atoms with Crippen molar-refractivity contribution in [2.24, 2.45) is 0 Å². The summed E-state index contributed by atoms with van der Waals surface area (Å²) in [7, 11) is -3.82. The number of phosphoric acid groups is 1. The summed E-state index contributed by atoms with van der Waals surface area (Å²) in [6, 6.07) is 0. The zero-order valence-electron chi connectivity index (χ0n) is 15.0. The van der Waals surface area contributed by atoms with Crippen LogP contribution in [0.4, 0.5) is 0 Å². The third-order valence-electron chi connectivity index (χ3n) is 3.50. The predicted molar refractivity (Wildman–Crippen MR) is 94.2 cm³/mol. The third-order valence-corrected chi connectivity index (χ3v) is 4.52. The van der Waals surface area contributed by atoms with Crippen molar-refractivity contribution in [1.82, 2.24) is 0 Å². The van der Waals surface area contributed by atoms with Gasteiger partial charge in [0, 0.05) is 51.4 Å². The molecule has 129 valence electrons. The summed E-state index contributed by atoms with van der Waals surface area (Å²) in [6.45, 7) is 5.01. The molecule has 0 aromatic carbocycles. The predicted octanol–water partition coefficient (Wildman–Crippen LogP) is 5.46. The average molecular weight is 362 g/mol. The van der Waals surface area contributed by atoms with Crippen molar-refractivity contribution >= 4 is 59.2 Å². The molecule has 0 saturated carbocycles. The molecule has 0 aliphatic carbocycles. The molecule has 1 N–H and O–H groups in total. The number of rotatable bonds is 16. The smallest absolute Gasteiger partial charge is 0.302 e. The zero-order valence-corrected chi connectivity index (χ0v) is 19.0. The van der Waals surface area contributed by atoms with Gasteiger partial charge in [-0.15, -0.1) is 0 Å². The van der Waals surface area contributed by atoms with E-state index in [0.29, 0.717) is 13.2 Å². The van der Waals surface area contributed by atoms with Crippen LogP contribution in [-0.4, -0.2) is 69.5 Å². The summed E-state index contributed by atoms with van der Waals surface area (Å²) in [5, 5.41) is 0. The summed E-state index contributed by atoms with van der Waals surface area (Å²) in [4.78, 5) is 9.51. The first-order valence-electron chi connectivity index (χ1n) is 8.74. The van der Waals surface area contributed by atoms with Crippen molar-refractivity contribution in [3.05, 3.63) is 0 Å². The van der Waals surface area contributed by atoms with Gasteiger partial charge >= 0.3 is 7.82 Å². The second-order valence-corrected chi connectivity index (χ2v) is 7.12. The molecule has 0 heterocycles. The van der Waals surface area contributed by atoms with Gasteiger partial charge in [-0.25, -0.2) is 4.57 Å². The van der Waals surface area contributed by atoms with E-state index in [1.807, 2.05) is 0 Å². The molecule has 22 heavy (non-hydrogen) atoms. The first-order valence-corrected chi connectivity index (χ1v) is 10.2. The molecule has 0 aliphatic heterocycles. The molecule has 0 aromatic heterocycles. The fraction of sp³-hybridized carbons (Fsp3) is 1.00. The van der Waals surface area contributed by atoms with E-state index in [-0.39, 0.29) is 51.4 Å². The van der Waals surface area contributed by atoms with E-state index in [0.717, 1.165) is 25.7 Å². The van der Waals surface area contributed by atoms with E-state index in [4.69, 9.17) is 9.05 Å². The molecule has 0 saturated heterocycles. The number of unbranched alkanes of at least 4 members (excludes halogenated alkanes) is 10. The Bertz CT molecular complexity index is 243.